The van der Waals surface area contributed by atoms with Crippen molar-refractivity contribution < 1.29 is 18.8 Å². The summed E-state index contributed by atoms with van der Waals surface area (Å²) in [4.78, 5) is 17.3. The molecule has 1 aliphatic heterocycles. The van der Waals surface area contributed by atoms with E-state index in [9.17, 15) is 4.79 Å². The van der Waals surface area contributed by atoms with Gasteiger partial charge in [0.25, 0.3) is 5.91 Å². The zero-order valence-electron chi connectivity index (χ0n) is 16.7. The van der Waals surface area contributed by atoms with E-state index in [1.54, 1.807) is 12.1 Å². The first-order chi connectivity index (χ1) is 13.5. The SMILES string of the molecule is COc1ccc(C(=O)N2CCCN(Cc3c(C)noc3C)CC2)c(Cl)c1OC. The van der Waals surface area contributed by atoms with Gasteiger partial charge in [-0.05, 0) is 32.4 Å². The van der Waals surface area contributed by atoms with Gasteiger partial charge >= 0.3 is 0 Å². The molecular formula is C20H26ClN3O4. The highest BCUT2D eigenvalue weighted by Crippen LogP contribution is 2.37. The maximum absolute atomic E-state index is 13.1. The number of ether oxygens (including phenoxy) is 2. The number of nitrogens with zero attached hydrogens (tertiary/aromatic N) is 3. The lowest BCUT2D eigenvalue weighted by Crippen LogP contribution is -2.35. The Morgan fingerprint density at radius 2 is 1.96 bits per heavy atom. The van der Waals surface area contributed by atoms with E-state index in [0.717, 1.165) is 43.1 Å². The first kappa shape index (κ1) is 20.5. The number of aromatic nitrogens is 1. The summed E-state index contributed by atoms with van der Waals surface area (Å²) in [7, 11) is 3.05. The molecule has 1 aromatic carbocycles. The fourth-order valence-corrected chi connectivity index (χ4v) is 3.82. The normalized spacial score (nSPS) is 15.4. The molecular weight excluding hydrogens is 382 g/mol. The van der Waals surface area contributed by atoms with Crippen LogP contribution in [-0.2, 0) is 6.54 Å². The van der Waals surface area contributed by atoms with Crippen molar-refractivity contribution in [2.75, 3.05) is 40.4 Å². The van der Waals surface area contributed by atoms with Crippen molar-refractivity contribution >= 4 is 17.5 Å². The number of amides is 1. The van der Waals surface area contributed by atoms with Crippen molar-refractivity contribution in [1.29, 1.82) is 0 Å². The van der Waals surface area contributed by atoms with Gasteiger partial charge in [-0.1, -0.05) is 16.8 Å². The highest BCUT2D eigenvalue weighted by Gasteiger charge is 2.25. The Hall–Kier alpha value is -2.25. The summed E-state index contributed by atoms with van der Waals surface area (Å²) in [5.41, 5.74) is 2.48. The van der Waals surface area contributed by atoms with Crippen LogP contribution in [0.4, 0.5) is 0 Å². The average molecular weight is 408 g/mol. The highest BCUT2D eigenvalue weighted by atomic mass is 35.5. The second-order valence-corrected chi connectivity index (χ2v) is 7.27. The zero-order valence-corrected chi connectivity index (χ0v) is 17.5. The molecule has 7 nitrogen and oxygen atoms in total. The molecule has 1 fully saturated rings. The molecule has 1 aliphatic rings. The molecule has 2 aromatic rings. The first-order valence-corrected chi connectivity index (χ1v) is 9.68. The number of carbonyl (C=O) groups is 1. The molecule has 0 unspecified atom stereocenters. The summed E-state index contributed by atoms with van der Waals surface area (Å²) >= 11 is 6.43. The maximum Gasteiger partial charge on any atom is 0.255 e. The maximum atomic E-state index is 13.1. The number of rotatable bonds is 5. The predicted molar refractivity (Wildman–Crippen MR) is 106 cm³/mol. The van der Waals surface area contributed by atoms with E-state index in [4.69, 9.17) is 25.6 Å². The van der Waals surface area contributed by atoms with Crippen LogP contribution in [0.3, 0.4) is 0 Å². The Morgan fingerprint density at radius 3 is 2.61 bits per heavy atom. The van der Waals surface area contributed by atoms with E-state index in [2.05, 4.69) is 10.1 Å². The first-order valence-electron chi connectivity index (χ1n) is 9.30. The number of benzene rings is 1. The molecule has 1 aromatic heterocycles. The van der Waals surface area contributed by atoms with Gasteiger partial charge in [-0.3, -0.25) is 9.69 Å². The summed E-state index contributed by atoms with van der Waals surface area (Å²) in [5, 5.41) is 4.31. The molecule has 8 heteroatoms. The van der Waals surface area contributed by atoms with Crippen LogP contribution in [0, 0.1) is 13.8 Å². The van der Waals surface area contributed by atoms with Gasteiger partial charge in [0.05, 0.1) is 30.5 Å². The molecule has 1 amide bonds. The summed E-state index contributed by atoms with van der Waals surface area (Å²) < 4.78 is 15.8. The summed E-state index contributed by atoms with van der Waals surface area (Å²) in [6, 6.07) is 3.40. The topological polar surface area (TPSA) is 68.0 Å². The smallest absolute Gasteiger partial charge is 0.255 e. The van der Waals surface area contributed by atoms with Crippen molar-refractivity contribution in [2.24, 2.45) is 0 Å². The van der Waals surface area contributed by atoms with Crippen molar-refractivity contribution in [1.82, 2.24) is 15.0 Å². The van der Waals surface area contributed by atoms with E-state index in [-0.39, 0.29) is 10.9 Å². The number of aryl methyl sites for hydroxylation is 2. The molecule has 1 saturated heterocycles. The van der Waals surface area contributed by atoms with Gasteiger partial charge in [0.15, 0.2) is 11.5 Å². The number of halogens is 1. The molecule has 0 aliphatic carbocycles. The molecule has 152 valence electrons. The third-order valence-electron chi connectivity index (χ3n) is 5.15. The minimum absolute atomic E-state index is 0.0925. The molecule has 0 spiro atoms. The second-order valence-electron chi connectivity index (χ2n) is 6.89. The lowest BCUT2D eigenvalue weighted by Gasteiger charge is -2.23. The average Bonchev–Trinajstić information content (AvgIpc) is 2.88. The van der Waals surface area contributed by atoms with Gasteiger partial charge < -0.3 is 18.9 Å². The van der Waals surface area contributed by atoms with Crippen LogP contribution in [0.2, 0.25) is 5.02 Å². The van der Waals surface area contributed by atoms with Gasteiger partial charge in [-0.15, -0.1) is 0 Å². The third-order valence-corrected chi connectivity index (χ3v) is 5.53. The summed E-state index contributed by atoms with van der Waals surface area (Å²) in [6.07, 6.45) is 0.889. The molecule has 0 bridgehead atoms. The molecule has 2 heterocycles. The Labute approximate surface area is 170 Å². The van der Waals surface area contributed by atoms with Crippen LogP contribution in [0.1, 0.15) is 33.8 Å². The third kappa shape index (κ3) is 4.10. The van der Waals surface area contributed by atoms with E-state index < -0.39 is 0 Å². The van der Waals surface area contributed by atoms with Crippen LogP contribution in [-0.4, -0.2) is 61.3 Å². The van der Waals surface area contributed by atoms with E-state index in [1.807, 2.05) is 18.7 Å². The molecule has 0 saturated carbocycles. The van der Waals surface area contributed by atoms with Gasteiger partial charge in [-0.2, -0.15) is 0 Å². The summed E-state index contributed by atoms with van der Waals surface area (Å²) in [6.45, 7) is 7.67. The quantitative estimate of drug-likeness (QED) is 0.757. The van der Waals surface area contributed by atoms with Gasteiger partial charge in [0.1, 0.15) is 5.76 Å². The minimum atomic E-state index is -0.0925. The van der Waals surface area contributed by atoms with Crippen molar-refractivity contribution in [3.05, 3.63) is 39.7 Å². The predicted octanol–water partition coefficient (Wildman–Crippen LogP) is 3.31. The Kier molecular flexibility index (Phi) is 6.46. The molecule has 0 N–H and O–H groups in total. The lowest BCUT2D eigenvalue weighted by molar-refractivity contribution is 0.0761. The Balaban J connectivity index is 1.71. The minimum Gasteiger partial charge on any atom is -0.493 e. The van der Waals surface area contributed by atoms with Crippen LogP contribution in [0.25, 0.3) is 0 Å². The van der Waals surface area contributed by atoms with Crippen LogP contribution < -0.4 is 9.47 Å². The lowest BCUT2D eigenvalue weighted by atomic mass is 10.1. The number of hydrogen-bond acceptors (Lipinski definition) is 6. The zero-order chi connectivity index (χ0) is 20.3. The van der Waals surface area contributed by atoms with Crippen molar-refractivity contribution in [2.45, 2.75) is 26.8 Å². The number of hydrogen-bond donors (Lipinski definition) is 0. The summed E-state index contributed by atoms with van der Waals surface area (Å²) in [5.74, 6) is 1.65. The number of methoxy groups -OCH3 is 2. The van der Waals surface area contributed by atoms with Gasteiger partial charge in [0, 0.05) is 38.3 Å². The Morgan fingerprint density at radius 1 is 1.18 bits per heavy atom. The van der Waals surface area contributed by atoms with Gasteiger partial charge in [-0.25, -0.2) is 0 Å². The van der Waals surface area contributed by atoms with Crippen molar-refractivity contribution in [3.8, 4) is 11.5 Å². The van der Waals surface area contributed by atoms with Gasteiger partial charge in [0.2, 0.25) is 0 Å². The number of carbonyl (C=O) groups excluding carboxylic acids is 1. The largest absolute Gasteiger partial charge is 0.493 e. The van der Waals surface area contributed by atoms with Crippen molar-refractivity contribution in [3.63, 3.8) is 0 Å². The Bertz CT molecular complexity index is 833. The van der Waals surface area contributed by atoms with E-state index in [1.165, 1.54) is 14.2 Å². The van der Waals surface area contributed by atoms with E-state index >= 15 is 0 Å². The van der Waals surface area contributed by atoms with Crippen LogP contribution in [0.5, 0.6) is 11.5 Å². The standard InChI is InChI=1S/C20H26ClN3O4/c1-13-16(14(2)28-22-13)12-23-8-5-9-24(11-10-23)20(25)15-6-7-17(26-3)19(27-4)18(15)21/h6-7H,5,8-12H2,1-4H3. The molecule has 0 atom stereocenters. The van der Waals surface area contributed by atoms with Crippen LogP contribution >= 0.6 is 11.6 Å². The molecule has 0 radical (unpaired) electrons. The fourth-order valence-electron chi connectivity index (χ4n) is 3.51. The van der Waals surface area contributed by atoms with Crippen LogP contribution in [0.15, 0.2) is 16.7 Å². The fraction of sp³-hybridized carbons (Fsp3) is 0.500. The monoisotopic (exact) mass is 407 g/mol. The highest BCUT2D eigenvalue weighted by molar-refractivity contribution is 6.35. The second kappa shape index (κ2) is 8.84. The molecule has 28 heavy (non-hydrogen) atoms. The molecule has 3 rings (SSSR count). The van der Waals surface area contributed by atoms with E-state index in [0.29, 0.717) is 30.2 Å².